The van der Waals surface area contributed by atoms with Crippen LogP contribution < -0.4 is 19.5 Å². The van der Waals surface area contributed by atoms with Crippen molar-refractivity contribution in [1.82, 2.24) is 15.1 Å². The maximum atomic E-state index is 12.4. The van der Waals surface area contributed by atoms with Gasteiger partial charge in [0.2, 0.25) is 17.6 Å². The molecule has 0 atom stereocenters. The predicted octanol–water partition coefficient (Wildman–Crippen LogP) is 4.46. The summed E-state index contributed by atoms with van der Waals surface area (Å²) >= 11 is 1.35. The highest BCUT2D eigenvalue weighted by molar-refractivity contribution is 7.14. The molecule has 1 N–H and O–H groups in total. The summed E-state index contributed by atoms with van der Waals surface area (Å²) in [6, 6.07) is 12.9. The third-order valence-corrected chi connectivity index (χ3v) is 5.57. The van der Waals surface area contributed by atoms with E-state index in [0.29, 0.717) is 34.8 Å². The summed E-state index contributed by atoms with van der Waals surface area (Å²) < 4.78 is 21.0. The summed E-state index contributed by atoms with van der Waals surface area (Å²) in [4.78, 5) is 21.2. The van der Waals surface area contributed by atoms with Gasteiger partial charge in [-0.15, -0.1) is 11.3 Å². The molecule has 2 heterocycles. The lowest BCUT2D eigenvalue weighted by atomic mass is 10.1. The number of nitrogens with zero attached hydrogens (tertiary/aromatic N) is 3. The second kappa shape index (κ2) is 10.1. The highest BCUT2D eigenvalue weighted by atomic mass is 32.1. The smallest absolute Gasteiger partial charge is 0.227 e. The van der Waals surface area contributed by atoms with Crippen molar-refractivity contribution >= 4 is 22.4 Å². The van der Waals surface area contributed by atoms with E-state index < -0.39 is 0 Å². The Balaban J connectivity index is 1.34. The Morgan fingerprint density at radius 2 is 1.73 bits per heavy atom. The molecule has 0 bridgehead atoms. The minimum absolute atomic E-state index is 0.188. The lowest BCUT2D eigenvalue weighted by Crippen LogP contribution is -2.12. The Hall–Kier alpha value is -3.92. The third kappa shape index (κ3) is 5.29. The number of hydrogen-bond donors (Lipinski definition) is 1. The van der Waals surface area contributed by atoms with Gasteiger partial charge in [0.1, 0.15) is 5.75 Å². The van der Waals surface area contributed by atoms with Gasteiger partial charge >= 0.3 is 0 Å². The molecule has 0 aliphatic rings. The van der Waals surface area contributed by atoms with Crippen LogP contribution in [0.5, 0.6) is 17.2 Å². The van der Waals surface area contributed by atoms with Crippen LogP contribution in [-0.4, -0.2) is 42.4 Å². The molecule has 4 rings (SSSR count). The molecule has 0 saturated carbocycles. The zero-order valence-corrected chi connectivity index (χ0v) is 19.1. The van der Waals surface area contributed by atoms with Gasteiger partial charge in [-0.05, 0) is 42.5 Å². The van der Waals surface area contributed by atoms with Crippen LogP contribution in [0.2, 0.25) is 0 Å². The average Bonchev–Trinajstić information content (AvgIpc) is 3.52. The first kappa shape index (κ1) is 22.3. The molecule has 0 unspecified atom stereocenters. The second-order valence-electron chi connectivity index (χ2n) is 6.90. The summed E-state index contributed by atoms with van der Waals surface area (Å²) in [5.74, 6) is 2.67. The molecule has 9 nitrogen and oxygen atoms in total. The van der Waals surface area contributed by atoms with Gasteiger partial charge in [-0.1, -0.05) is 5.16 Å². The zero-order chi connectivity index (χ0) is 23.2. The van der Waals surface area contributed by atoms with Crippen molar-refractivity contribution < 1.29 is 23.5 Å². The van der Waals surface area contributed by atoms with Crippen LogP contribution in [0.4, 0.5) is 5.13 Å². The van der Waals surface area contributed by atoms with Gasteiger partial charge in [0.15, 0.2) is 16.6 Å². The second-order valence-corrected chi connectivity index (χ2v) is 7.75. The number of methoxy groups -OCH3 is 3. The Bertz CT molecular complexity index is 1240. The monoisotopic (exact) mass is 466 g/mol. The summed E-state index contributed by atoms with van der Waals surface area (Å²) in [5.41, 5.74) is 2.40. The van der Waals surface area contributed by atoms with E-state index in [1.165, 1.54) is 11.3 Å². The quantitative estimate of drug-likeness (QED) is 0.385. The van der Waals surface area contributed by atoms with Crippen LogP contribution in [0, 0.1) is 0 Å². The molecule has 4 aromatic rings. The lowest BCUT2D eigenvalue weighted by Gasteiger charge is -2.08. The summed E-state index contributed by atoms with van der Waals surface area (Å²) in [7, 11) is 4.77. The van der Waals surface area contributed by atoms with Gasteiger partial charge in [-0.3, -0.25) is 4.79 Å². The number of hydrogen-bond acceptors (Lipinski definition) is 9. The Morgan fingerprint density at radius 1 is 0.970 bits per heavy atom. The fourth-order valence-corrected chi connectivity index (χ4v) is 3.81. The molecular weight excluding hydrogens is 444 g/mol. The molecule has 33 heavy (non-hydrogen) atoms. The van der Waals surface area contributed by atoms with Crippen LogP contribution in [0.15, 0.2) is 52.4 Å². The summed E-state index contributed by atoms with van der Waals surface area (Å²) in [5, 5.41) is 9.17. The highest BCUT2D eigenvalue weighted by Crippen LogP contribution is 2.33. The van der Waals surface area contributed by atoms with E-state index in [-0.39, 0.29) is 12.3 Å². The van der Waals surface area contributed by atoms with Crippen molar-refractivity contribution in [3.8, 4) is 39.9 Å². The predicted molar refractivity (Wildman–Crippen MR) is 124 cm³/mol. The summed E-state index contributed by atoms with van der Waals surface area (Å²) in [6.07, 6.45) is 0.512. The number of aryl methyl sites for hydroxylation is 1. The highest BCUT2D eigenvalue weighted by Gasteiger charge is 2.14. The van der Waals surface area contributed by atoms with Gasteiger partial charge < -0.3 is 24.1 Å². The van der Waals surface area contributed by atoms with Gasteiger partial charge in [0, 0.05) is 29.3 Å². The van der Waals surface area contributed by atoms with Gasteiger partial charge in [0.25, 0.3) is 0 Å². The Labute approximate surface area is 194 Å². The fourth-order valence-electron chi connectivity index (χ4n) is 3.08. The number of carbonyl (C=O) groups excluding carboxylic acids is 1. The van der Waals surface area contributed by atoms with Crippen LogP contribution >= 0.6 is 11.3 Å². The van der Waals surface area contributed by atoms with Crippen molar-refractivity contribution in [2.24, 2.45) is 0 Å². The molecule has 2 aromatic carbocycles. The van der Waals surface area contributed by atoms with Gasteiger partial charge in [0.05, 0.1) is 27.0 Å². The number of aromatic nitrogens is 3. The molecule has 2 aromatic heterocycles. The van der Waals surface area contributed by atoms with E-state index in [9.17, 15) is 4.79 Å². The number of ether oxygens (including phenoxy) is 3. The molecule has 0 radical (unpaired) electrons. The molecule has 0 aliphatic carbocycles. The average molecular weight is 467 g/mol. The van der Waals surface area contributed by atoms with E-state index >= 15 is 0 Å². The van der Waals surface area contributed by atoms with E-state index in [1.54, 1.807) is 21.3 Å². The molecule has 1 amide bonds. The first-order chi connectivity index (χ1) is 16.1. The largest absolute Gasteiger partial charge is 0.497 e. The number of carbonyl (C=O) groups is 1. The number of thiazole rings is 1. The van der Waals surface area contributed by atoms with Crippen molar-refractivity contribution in [1.29, 1.82) is 0 Å². The fraction of sp³-hybridized carbons (Fsp3) is 0.217. The lowest BCUT2D eigenvalue weighted by molar-refractivity contribution is -0.116. The van der Waals surface area contributed by atoms with Gasteiger partial charge in [-0.25, -0.2) is 4.98 Å². The van der Waals surface area contributed by atoms with Crippen LogP contribution in [0.3, 0.4) is 0 Å². The zero-order valence-electron chi connectivity index (χ0n) is 18.3. The molecular formula is C23H22N4O5S. The van der Waals surface area contributed by atoms with Crippen molar-refractivity contribution in [2.75, 3.05) is 26.6 Å². The van der Waals surface area contributed by atoms with E-state index in [0.717, 1.165) is 22.6 Å². The topological polar surface area (TPSA) is 109 Å². The molecule has 170 valence electrons. The number of benzene rings is 2. The summed E-state index contributed by atoms with van der Waals surface area (Å²) in [6.45, 7) is 0. The molecule has 0 saturated heterocycles. The van der Waals surface area contributed by atoms with Crippen molar-refractivity contribution in [3.05, 3.63) is 53.7 Å². The Kier molecular flexibility index (Phi) is 6.84. The number of nitrogens with one attached hydrogen (secondary N) is 1. The van der Waals surface area contributed by atoms with Crippen molar-refractivity contribution in [3.63, 3.8) is 0 Å². The number of amides is 1. The van der Waals surface area contributed by atoms with E-state index in [4.69, 9.17) is 18.7 Å². The van der Waals surface area contributed by atoms with Gasteiger partial charge in [-0.2, -0.15) is 4.98 Å². The minimum Gasteiger partial charge on any atom is -0.497 e. The van der Waals surface area contributed by atoms with E-state index in [2.05, 4.69) is 20.4 Å². The standard InChI is InChI=1S/C23H22N4O5S/c1-29-16-7-4-14(5-8-16)22-26-21(32-27-22)11-10-20(28)25-23-24-17(13-33-23)15-6-9-18(30-2)19(12-15)31-3/h4-9,12-13H,10-11H2,1-3H3,(H,24,25,28). The van der Waals surface area contributed by atoms with Crippen LogP contribution in [0.25, 0.3) is 22.6 Å². The van der Waals surface area contributed by atoms with Crippen LogP contribution in [-0.2, 0) is 11.2 Å². The third-order valence-electron chi connectivity index (χ3n) is 4.81. The minimum atomic E-state index is -0.188. The maximum Gasteiger partial charge on any atom is 0.227 e. The number of anilines is 1. The van der Waals surface area contributed by atoms with Crippen molar-refractivity contribution in [2.45, 2.75) is 12.8 Å². The SMILES string of the molecule is COc1ccc(-c2noc(CCC(=O)Nc3nc(-c4ccc(OC)c(OC)c4)cs3)n2)cc1. The molecule has 0 aliphatic heterocycles. The molecule has 0 fully saturated rings. The van der Waals surface area contributed by atoms with E-state index in [1.807, 2.05) is 47.8 Å². The first-order valence-corrected chi connectivity index (χ1v) is 10.9. The van der Waals surface area contributed by atoms with Crippen LogP contribution in [0.1, 0.15) is 12.3 Å². The Morgan fingerprint density at radius 3 is 2.45 bits per heavy atom. The first-order valence-electron chi connectivity index (χ1n) is 10.0. The molecule has 10 heteroatoms. The molecule has 0 spiro atoms. The normalized spacial score (nSPS) is 10.6. The maximum absolute atomic E-state index is 12.4. The number of rotatable bonds is 9.